The van der Waals surface area contributed by atoms with Gasteiger partial charge in [0.1, 0.15) is 11.5 Å². The van der Waals surface area contributed by atoms with E-state index in [0.717, 1.165) is 15.9 Å². The van der Waals surface area contributed by atoms with Gasteiger partial charge in [0.15, 0.2) is 0 Å². The maximum Gasteiger partial charge on any atom is 0.118 e. The summed E-state index contributed by atoms with van der Waals surface area (Å²) in [6, 6.07) is 16.6. The Morgan fingerprint density at radius 3 is 1.42 bits per heavy atom. The van der Waals surface area contributed by atoms with E-state index >= 15 is 0 Å². The molecule has 0 aromatic heterocycles. The van der Waals surface area contributed by atoms with Gasteiger partial charge < -0.3 is 9.47 Å². The first-order valence-corrected chi connectivity index (χ1v) is 7.65. The summed E-state index contributed by atoms with van der Waals surface area (Å²) in [6.45, 7) is 0. The van der Waals surface area contributed by atoms with Crippen molar-refractivity contribution in [1.82, 2.24) is 0 Å². The van der Waals surface area contributed by atoms with Crippen LogP contribution in [0.1, 0.15) is 17.0 Å². The summed E-state index contributed by atoms with van der Waals surface area (Å²) >= 11 is 2.43. The molecule has 0 aliphatic rings. The lowest BCUT2D eigenvalue weighted by molar-refractivity contribution is 0.414. The average molecular weight is 368 g/mol. The Balaban J connectivity index is 2.26. The van der Waals surface area contributed by atoms with Crippen LogP contribution < -0.4 is 9.47 Å². The van der Waals surface area contributed by atoms with Crippen molar-refractivity contribution in [2.24, 2.45) is 0 Å². The number of halogens is 1. The highest BCUT2D eigenvalue weighted by molar-refractivity contribution is 14.1. The molecular weight excluding hydrogens is 351 g/mol. The van der Waals surface area contributed by atoms with Gasteiger partial charge in [-0.1, -0.05) is 46.9 Å². The Morgan fingerprint density at radius 1 is 0.789 bits per heavy atom. The summed E-state index contributed by atoms with van der Waals surface area (Å²) in [5.41, 5.74) is 2.61. The third kappa shape index (κ3) is 3.41. The zero-order valence-electron chi connectivity index (χ0n) is 11.1. The molecular formula is C16H17IO2. The monoisotopic (exact) mass is 368 g/mol. The summed E-state index contributed by atoms with van der Waals surface area (Å²) < 4.78 is 11.4. The fraction of sp³-hybridized carbons (Fsp3) is 0.250. The fourth-order valence-electron chi connectivity index (χ4n) is 2.04. The van der Waals surface area contributed by atoms with E-state index in [0.29, 0.717) is 5.92 Å². The van der Waals surface area contributed by atoms with Gasteiger partial charge >= 0.3 is 0 Å². The predicted molar refractivity (Wildman–Crippen MR) is 86.7 cm³/mol. The third-order valence-electron chi connectivity index (χ3n) is 3.19. The van der Waals surface area contributed by atoms with Crippen LogP contribution in [-0.4, -0.2) is 18.6 Å². The normalized spacial score (nSPS) is 10.5. The molecule has 0 saturated heterocycles. The minimum absolute atomic E-state index is 0.400. The largest absolute Gasteiger partial charge is 0.497 e. The molecule has 0 amide bonds. The second-order valence-corrected chi connectivity index (χ2v) is 5.13. The molecule has 2 aromatic rings. The SMILES string of the molecule is COc1ccc(C(CI)c2ccc(OC)cc2)cc1. The smallest absolute Gasteiger partial charge is 0.118 e. The number of ether oxygens (including phenoxy) is 2. The molecule has 0 heterocycles. The van der Waals surface area contributed by atoms with E-state index in [1.54, 1.807) is 14.2 Å². The second-order valence-electron chi connectivity index (χ2n) is 4.25. The first kappa shape index (κ1) is 14.2. The molecule has 0 aliphatic heterocycles. The highest BCUT2D eigenvalue weighted by atomic mass is 127. The molecule has 0 bridgehead atoms. The van der Waals surface area contributed by atoms with E-state index in [2.05, 4.69) is 46.9 Å². The maximum absolute atomic E-state index is 5.20. The summed E-state index contributed by atoms with van der Waals surface area (Å²) in [5, 5.41) is 0. The molecule has 0 radical (unpaired) electrons. The summed E-state index contributed by atoms with van der Waals surface area (Å²) in [4.78, 5) is 0. The molecule has 100 valence electrons. The molecule has 2 aromatic carbocycles. The molecule has 2 nitrogen and oxygen atoms in total. The molecule has 3 heteroatoms. The van der Waals surface area contributed by atoms with E-state index in [1.165, 1.54) is 11.1 Å². The number of alkyl halides is 1. The van der Waals surface area contributed by atoms with Crippen LogP contribution in [0.25, 0.3) is 0 Å². The lowest BCUT2D eigenvalue weighted by Gasteiger charge is -2.16. The molecule has 0 N–H and O–H groups in total. The highest BCUT2D eigenvalue weighted by Crippen LogP contribution is 2.29. The van der Waals surface area contributed by atoms with E-state index in [4.69, 9.17) is 9.47 Å². The molecule has 0 atom stereocenters. The number of rotatable bonds is 5. The number of benzene rings is 2. The first-order valence-electron chi connectivity index (χ1n) is 6.12. The predicted octanol–water partition coefficient (Wildman–Crippen LogP) is 4.27. The van der Waals surface area contributed by atoms with Gasteiger partial charge in [0.2, 0.25) is 0 Å². The minimum Gasteiger partial charge on any atom is -0.497 e. The van der Waals surface area contributed by atoms with Crippen molar-refractivity contribution in [1.29, 1.82) is 0 Å². The maximum atomic E-state index is 5.20. The molecule has 0 saturated carbocycles. The quantitative estimate of drug-likeness (QED) is 0.580. The molecule has 19 heavy (non-hydrogen) atoms. The van der Waals surface area contributed by atoms with Crippen LogP contribution in [0.5, 0.6) is 11.5 Å². The molecule has 2 rings (SSSR count). The zero-order chi connectivity index (χ0) is 13.7. The van der Waals surface area contributed by atoms with E-state index in [1.807, 2.05) is 24.3 Å². The average Bonchev–Trinajstić information content (AvgIpc) is 2.49. The minimum atomic E-state index is 0.400. The van der Waals surface area contributed by atoms with E-state index in [-0.39, 0.29) is 0 Å². The van der Waals surface area contributed by atoms with Gasteiger partial charge in [-0.15, -0.1) is 0 Å². The standard InChI is InChI=1S/C16H17IO2/c1-18-14-7-3-12(4-8-14)16(11-17)13-5-9-15(19-2)10-6-13/h3-10,16H,11H2,1-2H3. The number of hydrogen-bond acceptors (Lipinski definition) is 2. The van der Waals surface area contributed by atoms with Gasteiger partial charge in [-0.2, -0.15) is 0 Å². The fourth-order valence-corrected chi connectivity index (χ4v) is 3.06. The summed E-state index contributed by atoms with van der Waals surface area (Å²) in [5.74, 6) is 2.19. The molecule has 0 fully saturated rings. The van der Waals surface area contributed by atoms with Crippen LogP contribution in [0.4, 0.5) is 0 Å². The van der Waals surface area contributed by atoms with Crippen molar-refractivity contribution in [3.8, 4) is 11.5 Å². The highest BCUT2D eigenvalue weighted by Gasteiger charge is 2.12. The van der Waals surface area contributed by atoms with Crippen molar-refractivity contribution >= 4 is 22.6 Å². The molecule has 0 unspecified atom stereocenters. The lowest BCUT2D eigenvalue weighted by Crippen LogP contribution is -2.02. The second kappa shape index (κ2) is 6.80. The van der Waals surface area contributed by atoms with E-state index < -0.39 is 0 Å². The first-order chi connectivity index (χ1) is 9.28. The summed E-state index contributed by atoms with van der Waals surface area (Å²) in [6.07, 6.45) is 0. The van der Waals surface area contributed by atoms with E-state index in [9.17, 15) is 0 Å². The van der Waals surface area contributed by atoms with Gasteiger partial charge in [0, 0.05) is 10.3 Å². The van der Waals surface area contributed by atoms with Crippen molar-refractivity contribution in [2.45, 2.75) is 5.92 Å². The molecule has 0 spiro atoms. The topological polar surface area (TPSA) is 18.5 Å². The van der Waals surface area contributed by atoms with Gasteiger partial charge in [0.25, 0.3) is 0 Å². The zero-order valence-corrected chi connectivity index (χ0v) is 13.3. The Labute approximate surface area is 127 Å². The third-order valence-corrected chi connectivity index (χ3v) is 4.07. The Morgan fingerprint density at radius 2 is 1.16 bits per heavy atom. The van der Waals surface area contributed by atoms with Crippen LogP contribution in [0.3, 0.4) is 0 Å². The van der Waals surface area contributed by atoms with Gasteiger partial charge in [-0.05, 0) is 35.4 Å². The van der Waals surface area contributed by atoms with Crippen molar-refractivity contribution in [3.05, 3.63) is 59.7 Å². The Bertz CT molecular complexity index is 458. The molecule has 0 aliphatic carbocycles. The van der Waals surface area contributed by atoms with Gasteiger partial charge in [-0.25, -0.2) is 0 Å². The Kier molecular flexibility index (Phi) is 5.07. The Hall–Kier alpha value is -1.23. The van der Waals surface area contributed by atoms with Crippen LogP contribution in [0, 0.1) is 0 Å². The van der Waals surface area contributed by atoms with Crippen LogP contribution in [0.2, 0.25) is 0 Å². The van der Waals surface area contributed by atoms with Gasteiger partial charge in [-0.3, -0.25) is 0 Å². The van der Waals surface area contributed by atoms with Crippen molar-refractivity contribution < 1.29 is 9.47 Å². The van der Waals surface area contributed by atoms with Crippen molar-refractivity contribution in [3.63, 3.8) is 0 Å². The van der Waals surface area contributed by atoms with Gasteiger partial charge in [0.05, 0.1) is 14.2 Å². The number of hydrogen-bond donors (Lipinski definition) is 0. The lowest BCUT2D eigenvalue weighted by atomic mass is 9.93. The van der Waals surface area contributed by atoms with Crippen LogP contribution in [0.15, 0.2) is 48.5 Å². The van der Waals surface area contributed by atoms with Crippen molar-refractivity contribution in [2.75, 3.05) is 18.6 Å². The number of methoxy groups -OCH3 is 2. The summed E-state index contributed by atoms with van der Waals surface area (Å²) in [7, 11) is 3.38. The van der Waals surface area contributed by atoms with Crippen LogP contribution in [-0.2, 0) is 0 Å². The van der Waals surface area contributed by atoms with Crippen LogP contribution >= 0.6 is 22.6 Å².